The van der Waals surface area contributed by atoms with Gasteiger partial charge in [0, 0.05) is 25.7 Å². The normalized spacial score (nSPS) is 14.0. The quantitative estimate of drug-likeness (QED) is 0.0222. The van der Waals surface area contributed by atoms with Gasteiger partial charge in [0.2, 0.25) is 0 Å². The van der Waals surface area contributed by atoms with Crippen molar-refractivity contribution in [1.82, 2.24) is 0 Å². The third-order valence-corrected chi connectivity index (χ3v) is 18.8. The van der Waals surface area contributed by atoms with Gasteiger partial charge in [-0.2, -0.15) is 0 Å². The zero-order chi connectivity index (χ0) is 66.8. The van der Waals surface area contributed by atoms with Crippen molar-refractivity contribution < 1.29 is 80.2 Å². The molecule has 0 aliphatic heterocycles. The number of rotatable bonds is 73. The molecule has 91 heavy (non-hydrogen) atoms. The van der Waals surface area contributed by atoms with E-state index in [-0.39, 0.29) is 25.7 Å². The lowest BCUT2D eigenvalue weighted by atomic mass is 10.0. The average Bonchev–Trinajstić information content (AvgIpc) is 3.68. The third-order valence-electron chi connectivity index (χ3n) is 16.9. The lowest BCUT2D eigenvalue weighted by Gasteiger charge is -2.21. The largest absolute Gasteiger partial charge is 0.472 e. The fourth-order valence-corrected chi connectivity index (χ4v) is 12.6. The summed E-state index contributed by atoms with van der Waals surface area (Å²) in [5.74, 6) is -2.12. The number of phosphoric acid groups is 2. The summed E-state index contributed by atoms with van der Waals surface area (Å²) in [7, 11) is -9.89. The van der Waals surface area contributed by atoms with E-state index >= 15 is 0 Å². The molecule has 0 spiro atoms. The van der Waals surface area contributed by atoms with Gasteiger partial charge in [0.25, 0.3) is 0 Å². The predicted octanol–water partition coefficient (Wildman–Crippen LogP) is 21.1. The molecule has 5 atom stereocenters. The van der Waals surface area contributed by atoms with Crippen LogP contribution < -0.4 is 0 Å². The van der Waals surface area contributed by atoms with Crippen LogP contribution in [0.3, 0.4) is 0 Å². The molecule has 0 aromatic carbocycles. The number of aliphatic hydroxyl groups excluding tert-OH is 1. The molecule has 0 bridgehead atoms. The summed E-state index contributed by atoms with van der Waals surface area (Å²) >= 11 is 0. The van der Waals surface area contributed by atoms with Crippen LogP contribution in [-0.4, -0.2) is 96.7 Å². The van der Waals surface area contributed by atoms with Crippen LogP contribution in [0, 0.1) is 0 Å². The zero-order valence-corrected chi connectivity index (χ0v) is 60.6. The Kier molecular flexibility index (Phi) is 65.2. The Morgan fingerprint density at radius 3 is 0.648 bits per heavy atom. The molecule has 0 aromatic heterocycles. The van der Waals surface area contributed by atoms with E-state index in [2.05, 4.69) is 27.7 Å². The average molecular weight is 1340 g/mol. The molecule has 2 unspecified atom stereocenters. The van der Waals surface area contributed by atoms with E-state index in [1.165, 1.54) is 205 Å². The summed E-state index contributed by atoms with van der Waals surface area (Å²) < 4.78 is 68.2. The predicted molar refractivity (Wildman–Crippen MR) is 368 cm³/mol. The number of hydrogen-bond donors (Lipinski definition) is 3. The highest BCUT2D eigenvalue weighted by atomic mass is 31.2. The Morgan fingerprint density at radius 1 is 0.264 bits per heavy atom. The van der Waals surface area contributed by atoms with Crippen molar-refractivity contribution in [1.29, 1.82) is 0 Å². The number of hydrogen-bond acceptors (Lipinski definition) is 15. The molecular formula is C72H140O17P2. The molecule has 0 heterocycles. The summed E-state index contributed by atoms with van der Waals surface area (Å²) in [5.41, 5.74) is 0. The molecule has 0 aliphatic carbocycles. The molecule has 0 amide bonds. The maximum atomic E-state index is 13.0. The zero-order valence-electron chi connectivity index (χ0n) is 58.8. The van der Waals surface area contributed by atoms with Gasteiger partial charge in [-0.15, -0.1) is 0 Å². The van der Waals surface area contributed by atoms with E-state index in [9.17, 15) is 43.2 Å². The number of unbranched alkanes of at least 4 members (excludes halogenated alkanes) is 47. The summed E-state index contributed by atoms with van der Waals surface area (Å²) in [6.07, 6.45) is 55.6. The Balaban J connectivity index is 5.18. The lowest BCUT2D eigenvalue weighted by Crippen LogP contribution is -2.30. The van der Waals surface area contributed by atoms with E-state index in [0.29, 0.717) is 25.7 Å². The molecule has 0 aromatic rings. The summed E-state index contributed by atoms with van der Waals surface area (Å²) in [5, 5.41) is 10.6. The molecule has 0 radical (unpaired) electrons. The monoisotopic (exact) mass is 1340 g/mol. The van der Waals surface area contributed by atoms with E-state index in [1.807, 2.05) is 0 Å². The minimum atomic E-state index is -4.95. The minimum Gasteiger partial charge on any atom is -0.462 e. The third kappa shape index (κ3) is 66.5. The van der Waals surface area contributed by atoms with Gasteiger partial charge in [-0.1, -0.05) is 329 Å². The van der Waals surface area contributed by atoms with Crippen LogP contribution in [0.4, 0.5) is 0 Å². The molecule has 0 saturated heterocycles. The number of carbonyl (C=O) groups is 4. The second-order valence-corrected chi connectivity index (χ2v) is 28.9. The Bertz CT molecular complexity index is 1740. The molecule has 3 N–H and O–H groups in total. The highest BCUT2D eigenvalue weighted by Gasteiger charge is 2.30. The van der Waals surface area contributed by atoms with E-state index in [0.717, 1.165) is 96.3 Å². The van der Waals surface area contributed by atoms with Crippen molar-refractivity contribution in [3.8, 4) is 0 Å². The number of esters is 4. The fraction of sp³-hybridized carbons (Fsp3) is 0.944. The van der Waals surface area contributed by atoms with E-state index < -0.39 is 97.5 Å². The van der Waals surface area contributed by atoms with Gasteiger partial charge in [-0.3, -0.25) is 37.3 Å². The topological polar surface area (TPSA) is 237 Å². The van der Waals surface area contributed by atoms with Gasteiger partial charge >= 0.3 is 39.5 Å². The van der Waals surface area contributed by atoms with Gasteiger partial charge in [0.15, 0.2) is 12.2 Å². The van der Waals surface area contributed by atoms with Crippen LogP contribution in [-0.2, 0) is 65.4 Å². The van der Waals surface area contributed by atoms with Gasteiger partial charge < -0.3 is 33.8 Å². The standard InChI is InChI=1S/C72H140O17P2/c1-5-9-13-17-21-25-27-29-31-33-35-37-39-42-45-49-53-57-70(75)83-63-68(89-72(77)59-55-51-47-43-40-38-36-34-32-30-28-26-22-18-14-10-6-2)65-87-91(80,81)85-61-66(73)60-84-90(78,79)86-64-67(62-82-69(74)56-52-48-44-24-20-16-12-8-4)88-71(76)58-54-50-46-41-23-19-15-11-7-3/h66-68,73H,5-65H2,1-4H3,(H,78,79)(H,80,81)/t66-,67+,68+/m0/s1. The summed E-state index contributed by atoms with van der Waals surface area (Å²) in [6, 6.07) is 0. The first-order chi connectivity index (χ1) is 44.2. The van der Waals surface area contributed by atoms with Crippen LogP contribution >= 0.6 is 15.6 Å². The van der Waals surface area contributed by atoms with Crippen molar-refractivity contribution >= 4 is 39.5 Å². The first kappa shape index (κ1) is 89.1. The smallest absolute Gasteiger partial charge is 0.462 e. The minimum absolute atomic E-state index is 0.106. The number of phosphoric ester groups is 2. The highest BCUT2D eigenvalue weighted by Crippen LogP contribution is 2.45. The molecule has 0 rings (SSSR count). The molecule has 0 fully saturated rings. The van der Waals surface area contributed by atoms with Crippen LogP contribution in [0.5, 0.6) is 0 Å². The van der Waals surface area contributed by atoms with Crippen molar-refractivity contribution in [2.75, 3.05) is 39.6 Å². The molecule has 0 aliphatic rings. The van der Waals surface area contributed by atoms with Crippen LogP contribution in [0.1, 0.15) is 381 Å². The second-order valence-electron chi connectivity index (χ2n) is 26.0. The SMILES string of the molecule is CCCCCCCCCCCCCCCCCCCC(=O)OC[C@H](COP(=O)(O)OC[C@@H](O)COP(=O)(O)OC[C@@H](COC(=O)CCCCCCCCCC)OC(=O)CCCCCCCCCCC)OC(=O)CCCCCCCCCCCCCCCCCCC. The van der Waals surface area contributed by atoms with Crippen molar-refractivity contribution in [2.45, 2.75) is 399 Å². The van der Waals surface area contributed by atoms with Gasteiger partial charge in [0.1, 0.15) is 19.3 Å². The first-order valence-corrected chi connectivity index (χ1v) is 40.8. The Morgan fingerprint density at radius 2 is 0.440 bits per heavy atom. The van der Waals surface area contributed by atoms with E-state index in [1.54, 1.807) is 0 Å². The highest BCUT2D eigenvalue weighted by molar-refractivity contribution is 7.47. The summed E-state index contributed by atoms with van der Waals surface area (Å²) in [4.78, 5) is 72.5. The van der Waals surface area contributed by atoms with Crippen LogP contribution in [0.25, 0.3) is 0 Å². The summed E-state index contributed by atoms with van der Waals surface area (Å²) in [6.45, 7) is 4.92. The number of aliphatic hydroxyl groups is 1. The maximum Gasteiger partial charge on any atom is 0.472 e. The van der Waals surface area contributed by atoms with E-state index in [4.69, 9.17) is 37.0 Å². The van der Waals surface area contributed by atoms with Crippen molar-refractivity contribution in [3.63, 3.8) is 0 Å². The Labute approximate surface area is 556 Å². The fourth-order valence-electron chi connectivity index (χ4n) is 11.0. The number of carbonyl (C=O) groups excluding carboxylic acids is 4. The lowest BCUT2D eigenvalue weighted by molar-refractivity contribution is -0.161. The van der Waals surface area contributed by atoms with Gasteiger partial charge in [-0.25, -0.2) is 9.13 Å². The Hall–Kier alpha value is -1.94. The molecule has 17 nitrogen and oxygen atoms in total. The van der Waals surface area contributed by atoms with Gasteiger partial charge in [-0.05, 0) is 25.7 Å². The molecular weight excluding hydrogens is 1200 g/mol. The van der Waals surface area contributed by atoms with Gasteiger partial charge in [0.05, 0.1) is 26.4 Å². The maximum absolute atomic E-state index is 13.0. The second kappa shape index (κ2) is 66.7. The number of ether oxygens (including phenoxy) is 4. The van der Waals surface area contributed by atoms with Crippen molar-refractivity contribution in [3.05, 3.63) is 0 Å². The first-order valence-electron chi connectivity index (χ1n) is 37.8. The molecule has 0 saturated carbocycles. The van der Waals surface area contributed by atoms with Crippen LogP contribution in [0.15, 0.2) is 0 Å². The van der Waals surface area contributed by atoms with Crippen molar-refractivity contribution in [2.24, 2.45) is 0 Å². The van der Waals surface area contributed by atoms with Crippen LogP contribution in [0.2, 0.25) is 0 Å². The molecule has 540 valence electrons. The molecule has 19 heteroatoms.